The van der Waals surface area contributed by atoms with Crippen molar-refractivity contribution in [1.29, 1.82) is 5.26 Å². The van der Waals surface area contributed by atoms with Crippen LogP contribution in [0.15, 0.2) is 41.2 Å². The van der Waals surface area contributed by atoms with Crippen molar-refractivity contribution in [2.45, 2.75) is 24.7 Å². The second-order valence-electron chi connectivity index (χ2n) is 7.91. The second kappa shape index (κ2) is 9.17. The molecule has 4 rings (SSSR count). The topological polar surface area (TPSA) is 140 Å². The average Bonchev–Trinajstić information content (AvgIpc) is 3.17. The molecular weight excluding hydrogens is 442 g/mol. The molecular formula is C22H25N7O3S. The molecule has 0 bridgehead atoms. The maximum absolute atomic E-state index is 12.7. The molecule has 0 radical (unpaired) electrons. The van der Waals surface area contributed by atoms with Crippen LogP contribution in [0.4, 0.5) is 17.3 Å². The van der Waals surface area contributed by atoms with Gasteiger partial charge in [-0.2, -0.15) is 5.26 Å². The summed E-state index contributed by atoms with van der Waals surface area (Å²) in [6.07, 6.45) is 3.57. The maximum atomic E-state index is 12.7. The van der Waals surface area contributed by atoms with E-state index in [0.717, 1.165) is 36.9 Å². The van der Waals surface area contributed by atoms with Crippen molar-refractivity contribution < 1.29 is 13.2 Å². The van der Waals surface area contributed by atoms with E-state index in [1.165, 1.54) is 0 Å². The Bertz CT molecular complexity index is 1260. The van der Waals surface area contributed by atoms with Crippen LogP contribution in [-0.2, 0) is 14.6 Å². The lowest BCUT2D eigenvalue weighted by Crippen LogP contribution is -2.35. The number of anilines is 3. The first-order chi connectivity index (χ1) is 15.8. The number of para-hydroxylation sites is 2. The minimum absolute atomic E-state index is 0.0344. The van der Waals surface area contributed by atoms with E-state index in [9.17, 15) is 18.5 Å². The predicted molar refractivity (Wildman–Crippen MR) is 125 cm³/mol. The van der Waals surface area contributed by atoms with Crippen molar-refractivity contribution in [3.63, 3.8) is 0 Å². The monoisotopic (exact) mass is 467 g/mol. The lowest BCUT2D eigenvalue weighted by Gasteiger charge is -2.22. The van der Waals surface area contributed by atoms with Crippen LogP contribution in [-0.4, -0.2) is 50.2 Å². The van der Waals surface area contributed by atoms with E-state index in [4.69, 9.17) is 0 Å². The lowest BCUT2D eigenvalue weighted by molar-refractivity contribution is -0.120. The van der Waals surface area contributed by atoms with Crippen LogP contribution in [0.25, 0.3) is 5.57 Å². The first-order valence-electron chi connectivity index (χ1n) is 10.7. The van der Waals surface area contributed by atoms with Crippen LogP contribution in [0, 0.1) is 17.2 Å². The van der Waals surface area contributed by atoms with E-state index in [2.05, 4.69) is 32.0 Å². The molecule has 2 aliphatic heterocycles. The summed E-state index contributed by atoms with van der Waals surface area (Å²) in [5.41, 5.74) is 1.67. The van der Waals surface area contributed by atoms with Gasteiger partial charge in [-0.05, 0) is 45.0 Å². The van der Waals surface area contributed by atoms with E-state index < -0.39 is 9.84 Å². The summed E-state index contributed by atoms with van der Waals surface area (Å²) in [5, 5.41) is 19.2. The number of carbonyl (C=O) groups excluding carboxylic acids is 1. The van der Waals surface area contributed by atoms with Gasteiger partial charge < -0.3 is 15.5 Å². The molecule has 10 nitrogen and oxygen atoms in total. The third kappa shape index (κ3) is 4.53. The van der Waals surface area contributed by atoms with Crippen molar-refractivity contribution in [3.05, 3.63) is 42.0 Å². The lowest BCUT2D eigenvalue weighted by atomic mass is 9.97. The van der Waals surface area contributed by atoms with Crippen LogP contribution in [0.5, 0.6) is 0 Å². The predicted octanol–water partition coefficient (Wildman–Crippen LogP) is 1.96. The Hall–Kier alpha value is -3.49. The number of allylic oxidation sites excluding steroid dienone is 1. The van der Waals surface area contributed by atoms with Crippen molar-refractivity contribution >= 4 is 38.6 Å². The third-order valence-electron chi connectivity index (χ3n) is 5.72. The number of piperidine rings is 1. The highest BCUT2D eigenvalue weighted by Gasteiger charge is 2.30. The number of nitrogens with one attached hydrogen (secondary N) is 3. The number of rotatable bonds is 5. The number of fused-ring (bicyclic) bond motifs is 1. The van der Waals surface area contributed by atoms with Crippen molar-refractivity contribution in [2.24, 2.45) is 5.92 Å². The van der Waals surface area contributed by atoms with Crippen LogP contribution in [0.3, 0.4) is 0 Å². The first-order valence-corrected chi connectivity index (χ1v) is 12.6. The molecule has 2 aliphatic rings. The Kier molecular flexibility index (Phi) is 6.31. The summed E-state index contributed by atoms with van der Waals surface area (Å²) in [7, 11) is -3.75. The molecule has 1 saturated heterocycles. The number of amides is 1. The molecule has 0 unspecified atom stereocenters. The third-order valence-corrected chi connectivity index (χ3v) is 6.82. The zero-order valence-corrected chi connectivity index (χ0v) is 19.2. The van der Waals surface area contributed by atoms with E-state index in [-0.39, 0.29) is 33.9 Å². The van der Waals surface area contributed by atoms with Gasteiger partial charge in [-0.25, -0.2) is 18.4 Å². The molecule has 11 heteroatoms. The molecule has 0 atom stereocenters. The van der Waals surface area contributed by atoms with Crippen molar-refractivity contribution in [1.82, 2.24) is 15.3 Å². The van der Waals surface area contributed by atoms with Gasteiger partial charge in [0.1, 0.15) is 28.1 Å². The fourth-order valence-electron chi connectivity index (χ4n) is 4.05. The quantitative estimate of drug-likeness (QED) is 0.563. The number of sulfone groups is 1. The van der Waals surface area contributed by atoms with E-state index in [0.29, 0.717) is 25.2 Å². The maximum Gasteiger partial charge on any atom is 0.230 e. The van der Waals surface area contributed by atoms with E-state index in [1.807, 2.05) is 36.1 Å². The normalized spacial score (nSPS) is 17.7. The van der Waals surface area contributed by atoms with E-state index in [1.54, 1.807) is 0 Å². The van der Waals surface area contributed by atoms with Crippen LogP contribution >= 0.6 is 0 Å². The van der Waals surface area contributed by atoms with Gasteiger partial charge in [-0.15, -0.1) is 0 Å². The summed E-state index contributed by atoms with van der Waals surface area (Å²) < 4.78 is 25.0. The summed E-state index contributed by atoms with van der Waals surface area (Å²) >= 11 is 0. The Morgan fingerprint density at radius 2 is 2.03 bits per heavy atom. The Morgan fingerprint density at radius 1 is 1.30 bits per heavy atom. The largest absolute Gasteiger partial charge is 0.339 e. The highest BCUT2D eigenvalue weighted by Crippen LogP contribution is 2.39. The number of hydrogen-bond donors (Lipinski definition) is 3. The zero-order valence-electron chi connectivity index (χ0n) is 18.4. The SMILES string of the molecule is CCN1C(=C(C#N)c2nc(NC(=O)C3CCNCC3)ncc2S(C)(=O)=O)Nc2ccccc21. The standard InChI is InChI=1S/C22H25N7O3S/c1-3-29-17-7-5-4-6-16(17)26-20(29)15(12-23)19-18(33(2,31)32)13-25-22(27-19)28-21(30)14-8-10-24-11-9-14/h4-7,13-14,24,26H,3,8-11H2,1-2H3,(H,25,27,28,30). The number of carbonyl (C=O) groups is 1. The molecule has 3 heterocycles. The van der Waals surface area contributed by atoms with Crippen molar-refractivity contribution in [3.8, 4) is 6.07 Å². The molecule has 0 aliphatic carbocycles. The number of aromatic nitrogens is 2. The van der Waals surface area contributed by atoms with E-state index >= 15 is 0 Å². The second-order valence-corrected chi connectivity index (χ2v) is 9.90. The fourth-order valence-corrected chi connectivity index (χ4v) is 4.80. The smallest absolute Gasteiger partial charge is 0.230 e. The highest BCUT2D eigenvalue weighted by atomic mass is 32.2. The molecule has 1 fully saturated rings. The van der Waals surface area contributed by atoms with Crippen LogP contribution in [0.2, 0.25) is 0 Å². The Labute approximate surface area is 192 Å². The van der Waals surface area contributed by atoms with Gasteiger partial charge in [0.05, 0.1) is 17.6 Å². The number of nitriles is 1. The highest BCUT2D eigenvalue weighted by molar-refractivity contribution is 7.90. The summed E-state index contributed by atoms with van der Waals surface area (Å²) in [5.74, 6) is -0.00108. The Morgan fingerprint density at radius 3 is 2.70 bits per heavy atom. The summed E-state index contributed by atoms with van der Waals surface area (Å²) in [6, 6.07) is 9.66. The molecule has 1 aromatic carbocycles. The number of hydrogen-bond acceptors (Lipinski definition) is 9. The summed E-state index contributed by atoms with van der Waals surface area (Å²) in [4.78, 5) is 22.8. The minimum Gasteiger partial charge on any atom is -0.339 e. The molecule has 0 saturated carbocycles. The van der Waals surface area contributed by atoms with Gasteiger partial charge in [-0.1, -0.05) is 12.1 Å². The molecule has 0 spiro atoms. The van der Waals surface area contributed by atoms with Gasteiger partial charge in [0.15, 0.2) is 9.84 Å². The van der Waals surface area contributed by atoms with Gasteiger partial charge >= 0.3 is 0 Å². The first kappa shape index (κ1) is 22.7. The molecule has 172 valence electrons. The average molecular weight is 468 g/mol. The van der Waals surface area contributed by atoms with Crippen LogP contribution < -0.4 is 20.9 Å². The fraction of sp³-hybridized carbons (Fsp3) is 0.364. The minimum atomic E-state index is -3.75. The van der Waals surface area contributed by atoms with Gasteiger partial charge in [0.25, 0.3) is 0 Å². The zero-order chi connectivity index (χ0) is 23.6. The Balaban J connectivity index is 1.79. The molecule has 2 aromatic rings. The summed E-state index contributed by atoms with van der Waals surface area (Å²) in [6.45, 7) is 3.98. The molecule has 1 aromatic heterocycles. The van der Waals surface area contributed by atoms with Crippen molar-refractivity contribution in [2.75, 3.05) is 41.4 Å². The molecule has 1 amide bonds. The van der Waals surface area contributed by atoms with Gasteiger partial charge in [0.2, 0.25) is 11.9 Å². The molecule has 3 N–H and O–H groups in total. The van der Waals surface area contributed by atoms with Gasteiger partial charge in [0, 0.05) is 18.7 Å². The van der Waals surface area contributed by atoms with Crippen LogP contribution in [0.1, 0.15) is 25.5 Å². The number of nitrogens with zero attached hydrogens (tertiary/aromatic N) is 4. The number of benzene rings is 1. The molecule has 33 heavy (non-hydrogen) atoms. The van der Waals surface area contributed by atoms with Gasteiger partial charge in [-0.3, -0.25) is 10.1 Å².